The second-order valence-electron chi connectivity index (χ2n) is 20.1. The summed E-state index contributed by atoms with van der Waals surface area (Å²) in [6.45, 7) is 2.04. The number of aromatic amines is 2. The highest BCUT2D eigenvalue weighted by Gasteiger charge is 2.37. The number of nitrogens with one attached hydrogen (secondary N) is 6. The Labute approximate surface area is 458 Å². The van der Waals surface area contributed by atoms with Crippen LogP contribution in [-0.4, -0.2) is 108 Å². The van der Waals surface area contributed by atoms with Crippen LogP contribution in [0.15, 0.2) is 134 Å². The third-order valence-corrected chi connectivity index (χ3v) is 15.1. The Morgan fingerprint density at radius 2 is 1.27 bits per heavy atom. The van der Waals surface area contributed by atoms with Crippen molar-refractivity contribution in [2.24, 2.45) is 0 Å². The van der Waals surface area contributed by atoms with E-state index in [1.165, 1.54) is 14.2 Å². The Kier molecular flexibility index (Phi) is 17.1. The van der Waals surface area contributed by atoms with Crippen molar-refractivity contribution in [3.63, 3.8) is 0 Å². The highest BCUT2D eigenvalue weighted by atomic mass is 16.6. The smallest absolute Gasteiger partial charge is 0.407 e. The van der Waals surface area contributed by atoms with Gasteiger partial charge in [-0.25, -0.2) is 24.4 Å². The van der Waals surface area contributed by atoms with Crippen LogP contribution in [0, 0.1) is 0 Å². The maximum atomic E-state index is 14.4. The average molecular weight is 1070 g/mol. The average Bonchev–Trinajstić information content (AvgIpc) is 4.39. The molecule has 6 N–H and O–H groups in total. The molecule has 2 saturated heterocycles. The number of rotatable bonds is 14. The van der Waals surface area contributed by atoms with E-state index in [9.17, 15) is 24.0 Å². The summed E-state index contributed by atoms with van der Waals surface area (Å²) in [5.41, 5.74) is 11.8. The van der Waals surface area contributed by atoms with Crippen LogP contribution >= 0.6 is 0 Å². The molecule has 0 spiro atoms. The molecule has 10 rings (SSSR count). The largest absolute Gasteiger partial charge is 0.453 e. The molecule has 7 aromatic rings. The summed E-state index contributed by atoms with van der Waals surface area (Å²) in [5.74, 6) is 0.671. The summed E-state index contributed by atoms with van der Waals surface area (Å²) in [6.07, 6.45) is 6.87. The molecule has 18 heteroatoms. The van der Waals surface area contributed by atoms with Crippen molar-refractivity contribution in [3.05, 3.63) is 168 Å². The Balaban J connectivity index is 0.735. The molecular formula is C61H65N9O9. The van der Waals surface area contributed by atoms with Crippen molar-refractivity contribution >= 4 is 30.1 Å². The molecule has 408 valence electrons. The number of H-pyrrole nitrogens is 2. The zero-order chi connectivity index (χ0) is 54.7. The van der Waals surface area contributed by atoms with E-state index in [2.05, 4.69) is 72.6 Å². The summed E-state index contributed by atoms with van der Waals surface area (Å²) < 4.78 is 21.3. The Morgan fingerprint density at radius 1 is 0.658 bits per heavy atom. The molecule has 18 nitrogen and oxygen atoms in total. The highest BCUT2D eigenvalue weighted by Crippen LogP contribution is 2.44. The SMILES string of the molecule is COC(=O)N[C@H]1CCCCCOCC[C@@H](c2ncc(-c3ccc(-c4ccc(-c5cnc([C@@H]6CCCN6C(=O)[C@H](Cc6ccc(CNC(=O)OCC7c8ccccc8-c8ccccc87)cc6)NC(=O)OC)[nH]5)cc4)cc3)[nH]2)NC1=O. The fourth-order valence-electron chi connectivity index (χ4n) is 10.8. The zero-order valence-electron chi connectivity index (χ0n) is 44.3. The number of aromatic nitrogens is 4. The van der Waals surface area contributed by atoms with Crippen LogP contribution in [0.25, 0.3) is 44.8 Å². The number of ether oxygens (including phenoxy) is 4. The topological polar surface area (TPSA) is 231 Å². The number of alkyl carbamates (subject to hydrolysis) is 3. The van der Waals surface area contributed by atoms with E-state index >= 15 is 0 Å². The van der Waals surface area contributed by atoms with Gasteiger partial charge in [0.05, 0.1) is 50.1 Å². The van der Waals surface area contributed by atoms with Crippen molar-refractivity contribution in [2.45, 2.75) is 88.0 Å². The van der Waals surface area contributed by atoms with Crippen molar-refractivity contribution in [2.75, 3.05) is 40.6 Å². The molecule has 79 heavy (non-hydrogen) atoms. The quantitative estimate of drug-likeness (QED) is 0.0562. The lowest BCUT2D eigenvalue weighted by Crippen LogP contribution is -2.49. The number of hydrogen-bond acceptors (Lipinski definition) is 11. The fraction of sp³-hybridized carbons (Fsp3) is 0.328. The molecule has 1 aliphatic carbocycles. The lowest BCUT2D eigenvalue weighted by Gasteiger charge is -2.28. The van der Waals surface area contributed by atoms with Crippen molar-refractivity contribution in [1.82, 2.24) is 46.1 Å². The number of methoxy groups -OCH3 is 2. The van der Waals surface area contributed by atoms with Gasteiger partial charge in [0.15, 0.2) is 0 Å². The summed E-state index contributed by atoms with van der Waals surface area (Å²) in [6, 6.07) is 37.9. The van der Waals surface area contributed by atoms with Gasteiger partial charge in [-0.05, 0) is 87.7 Å². The van der Waals surface area contributed by atoms with E-state index in [1.54, 1.807) is 17.3 Å². The number of nitrogens with zero attached hydrogens (tertiary/aromatic N) is 3. The van der Waals surface area contributed by atoms with E-state index in [0.717, 1.165) is 92.7 Å². The molecule has 0 radical (unpaired) electrons. The van der Waals surface area contributed by atoms with Crippen molar-refractivity contribution in [3.8, 4) is 44.8 Å². The Bertz CT molecular complexity index is 3200. The lowest BCUT2D eigenvalue weighted by molar-refractivity contribution is -0.134. The van der Waals surface area contributed by atoms with Crippen LogP contribution in [0.4, 0.5) is 14.4 Å². The van der Waals surface area contributed by atoms with E-state index in [0.29, 0.717) is 50.7 Å². The number of imidazole rings is 2. The van der Waals surface area contributed by atoms with Gasteiger partial charge in [-0.15, -0.1) is 0 Å². The number of fused-ring (bicyclic) bond motifs is 3. The molecule has 0 bridgehead atoms. The maximum Gasteiger partial charge on any atom is 0.407 e. The second kappa shape index (κ2) is 25.1. The minimum atomic E-state index is -0.905. The first-order valence-corrected chi connectivity index (χ1v) is 27.0. The van der Waals surface area contributed by atoms with Crippen LogP contribution in [0.1, 0.15) is 96.8 Å². The molecule has 5 amide bonds. The first-order chi connectivity index (χ1) is 38.6. The number of benzene rings is 5. The number of carbonyl (C=O) groups excluding carboxylic acids is 5. The monoisotopic (exact) mass is 1070 g/mol. The van der Waals surface area contributed by atoms with Crippen LogP contribution in [0.3, 0.4) is 0 Å². The van der Waals surface area contributed by atoms with Crippen LogP contribution < -0.4 is 21.3 Å². The van der Waals surface area contributed by atoms with Gasteiger partial charge >= 0.3 is 18.3 Å². The van der Waals surface area contributed by atoms with Gasteiger partial charge in [0.2, 0.25) is 11.8 Å². The molecule has 3 aliphatic rings. The minimum absolute atomic E-state index is 0.0384. The van der Waals surface area contributed by atoms with Gasteiger partial charge in [-0.3, -0.25) is 9.59 Å². The number of hydrogen-bond donors (Lipinski definition) is 6. The van der Waals surface area contributed by atoms with E-state index < -0.39 is 36.4 Å². The van der Waals surface area contributed by atoms with E-state index in [4.69, 9.17) is 23.9 Å². The van der Waals surface area contributed by atoms with Gasteiger partial charge in [0.1, 0.15) is 30.3 Å². The Hall–Kier alpha value is -8.77. The first kappa shape index (κ1) is 53.6. The van der Waals surface area contributed by atoms with Gasteiger partial charge in [0.25, 0.3) is 0 Å². The number of likely N-dealkylation sites (tertiary alicyclic amines) is 1. The minimum Gasteiger partial charge on any atom is -0.453 e. The summed E-state index contributed by atoms with van der Waals surface area (Å²) in [4.78, 5) is 83.4. The third-order valence-electron chi connectivity index (χ3n) is 15.1. The van der Waals surface area contributed by atoms with E-state index in [1.807, 2.05) is 84.9 Å². The van der Waals surface area contributed by atoms with Crippen LogP contribution in [0.5, 0.6) is 0 Å². The van der Waals surface area contributed by atoms with Gasteiger partial charge in [-0.1, -0.05) is 134 Å². The Morgan fingerprint density at radius 3 is 1.92 bits per heavy atom. The molecule has 0 saturated carbocycles. The third kappa shape index (κ3) is 12.8. The lowest BCUT2D eigenvalue weighted by atomic mass is 9.98. The fourth-order valence-corrected chi connectivity index (χ4v) is 10.8. The second-order valence-corrected chi connectivity index (χ2v) is 20.1. The molecule has 4 heterocycles. The zero-order valence-corrected chi connectivity index (χ0v) is 44.3. The first-order valence-electron chi connectivity index (χ1n) is 27.0. The van der Waals surface area contributed by atoms with E-state index in [-0.39, 0.29) is 43.3 Å². The van der Waals surface area contributed by atoms with Gasteiger partial charge < -0.3 is 55.1 Å². The molecule has 2 aromatic heterocycles. The summed E-state index contributed by atoms with van der Waals surface area (Å²) in [5, 5.41) is 11.4. The summed E-state index contributed by atoms with van der Waals surface area (Å²) in [7, 11) is 2.55. The molecular weight excluding hydrogens is 1000 g/mol. The highest BCUT2D eigenvalue weighted by molar-refractivity contribution is 5.87. The number of carbonyl (C=O) groups is 5. The van der Waals surface area contributed by atoms with Crippen molar-refractivity contribution in [1.29, 1.82) is 0 Å². The predicted molar refractivity (Wildman–Crippen MR) is 296 cm³/mol. The standard InChI is InChI=1S/C61H65N9O9/c1-76-60(74)68-50-15-4-3-9-31-78-32-29-49(67-57(50)71)55-62-35-52(65-55)42-25-21-40(22-26-42)41-23-27-43(28-24-41)53-36-63-56(66-53)54-16-10-30-70(54)58(72)51(69-61(75)77-2)33-38-17-19-39(20-18-38)34-64-59(73)79-37-48-46-13-7-5-11-44(46)45-12-6-8-14-47(45)48/h5-8,11-14,17-28,35-36,48-51,54H,3-4,9-10,15-16,29-34,37H2,1-2H3,(H,62,65)(H,63,66)(H,64,73)(H,67,71)(H,68,74)(H,69,75)/t49-,50-,51-,54-/m0/s1. The van der Waals surface area contributed by atoms with Gasteiger partial charge in [0, 0.05) is 38.6 Å². The van der Waals surface area contributed by atoms with Gasteiger partial charge in [-0.2, -0.15) is 0 Å². The summed E-state index contributed by atoms with van der Waals surface area (Å²) >= 11 is 0. The molecule has 4 atom stereocenters. The van der Waals surface area contributed by atoms with Crippen LogP contribution in [0.2, 0.25) is 0 Å². The molecule has 0 unspecified atom stereocenters. The normalized spacial score (nSPS) is 17.9. The molecule has 2 aliphatic heterocycles. The maximum absolute atomic E-state index is 14.4. The molecule has 2 fully saturated rings. The predicted octanol–water partition coefficient (Wildman–Crippen LogP) is 9.67. The van der Waals surface area contributed by atoms with Crippen molar-refractivity contribution < 1.29 is 42.9 Å². The van der Waals surface area contributed by atoms with Crippen LogP contribution in [-0.2, 0) is 41.5 Å². The molecule has 5 aromatic carbocycles. The number of amides is 5.